The van der Waals surface area contributed by atoms with E-state index in [9.17, 15) is 15.0 Å². The zero-order chi connectivity index (χ0) is 14.0. The van der Waals surface area contributed by atoms with Crippen molar-refractivity contribution in [3.05, 3.63) is 58.1 Å². The fraction of sp³-hybridized carbons (Fsp3) is 0.133. The number of aryl methyl sites for hydroxylation is 1. The van der Waals surface area contributed by atoms with E-state index in [2.05, 4.69) is 0 Å². The third kappa shape index (κ3) is 3.06. The van der Waals surface area contributed by atoms with Gasteiger partial charge in [-0.05, 0) is 18.6 Å². The van der Waals surface area contributed by atoms with E-state index in [4.69, 9.17) is 11.6 Å². The Morgan fingerprint density at radius 2 is 1.74 bits per heavy atom. The summed E-state index contributed by atoms with van der Waals surface area (Å²) in [6, 6.07) is 9.94. The molecule has 0 aliphatic rings. The van der Waals surface area contributed by atoms with Crippen molar-refractivity contribution >= 4 is 17.4 Å². The average Bonchev–Trinajstić information content (AvgIpc) is 2.36. The first-order chi connectivity index (χ1) is 8.97. The van der Waals surface area contributed by atoms with Crippen LogP contribution in [0.3, 0.4) is 0 Å². The van der Waals surface area contributed by atoms with Gasteiger partial charge in [0.1, 0.15) is 11.5 Å². The van der Waals surface area contributed by atoms with Crippen molar-refractivity contribution in [2.75, 3.05) is 0 Å². The number of aromatic hydroxyl groups is 2. The first-order valence-corrected chi connectivity index (χ1v) is 6.15. The van der Waals surface area contributed by atoms with Gasteiger partial charge in [0.2, 0.25) is 0 Å². The van der Waals surface area contributed by atoms with Crippen molar-refractivity contribution in [1.82, 2.24) is 0 Å². The molecule has 0 spiro atoms. The molecule has 3 nitrogen and oxygen atoms in total. The molecule has 2 N–H and O–H groups in total. The number of ketones is 1. The van der Waals surface area contributed by atoms with Gasteiger partial charge in [0.15, 0.2) is 5.78 Å². The maximum absolute atomic E-state index is 12.1. The van der Waals surface area contributed by atoms with Gasteiger partial charge in [-0.15, -0.1) is 0 Å². The zero-order valence-corrected chi connectivity index (χ0v) is 11.1. The Hall–Kier alpha value is -2.00. The smallest absolute Gasteiger partial charge is 0.171 e. The molecule has 0 aliphatic carbocycles. The first kappa shape index (κ1) is 13.4. The van der Waals surface area contributed by atoms with Crippen LogP contribution in [-0.4, -0.2) is 16.0 Å². The molecule has 2 rings (SSSR count). The van der Waals surface area contributed by atoms with Gasteiger partial charge < -0.3 is 10.2 Å². The predicted octanol–water partition coefficient (Wildman–Crippen LogP) is 3.49. The summed E-state index contributed by atoms with van der Waals surface area (Å²) >= 11 is 5.74. The summed E-state index contributed by atoms with van der Waals surface area (Å²) < 4.78 is 0. The molecule has 0 aromatic heterocycles. The van der Waals surface area contributed by atoms with Gasteiger partial charge in [0, 0.05) is 12.5 Å². The van der Waals surface area contributed by atoms with Crippen LogP contribution in [0, 0.1) is 6.92 Å². The number of phenolic OH excluding ortho intramolecular Hbond substituents is 2. The van der Waals surface area contributed by atoms with Crippen molar-refractivity contribution in [1.29, 1.82) is 0 Å². The molecule has 0 radical (unpaired) electrons. The molecular weight excluding hydrogens is 264 g/mol. The maximum Gasteiger partial charge on any atom is 0.171 e. The summed E-state index contributed by atoms with van der Waals surface area (Å²) in [5.41, 5.74) is 2.09. The summed E-state index contributed by atoms with van der Waals surface area (Å²) in [6.07, 6.45) is 0.176. The number of carbonyl (C=O) groups excluding carboxylic acids is 1. The number of Topliss-reactive ketones (excluding diaryl/α,β-unsaturated/α-hetero) is 1. The molecule has 0 amide bonds. The molecule has 0 heterocycles. The molecule has 0 bridgehead atoms. The quantitative estimate of drug-likeness (QED) is 0.844. The number of carbonyl (C=O) groups is 1. The van der Waals surface area contributed by atoms with Crippen molar-refractivity contribution in [3.63, 3.8) is 0 Å². The second-order valence-electron chi connectivity index (χ2n) is 4.41. The number of rotatable bonds is 3. The molecule has 2 aromatic rings. The lowest BCUT2D eigenvalue weighted by Crippen LogP contribution is -2.04. The van der Waals surface area contributed by atoms with E-state index < -0.39 is 0 Å². The molecule has 98 valence electrons. The Labute approximate surface area is 116 Å². The largest absolute Gasteiger partial charge is 0.507 e. The van der Waals surface area contributed by atoms with E-state index in [0.717, 1.165) is 17.2 Å². The summed E-state index contributed by atoms with van der Waals surface area (Å²) in [5.74, 6) is -0.756. The highest BCUT2D eigenvalue weighted by Crippen LogP contribution is 2.31. The van der Waals surface area contributed by atoms with E-state index in [0.29, 0.717) is 0 Å². The monoisotopic (exact) mass is 276 g/mol. The molecule has 0 saturated heterocycles. The summed E-state index contributed by atoms with van der Waals surface area (Å²) in [4.78, 5) is 12.1. The second-order valence-corrected chi connectivity index (χ2v) is 4.81. The summed E-state index contributed by atoms with van der Waals surface area (Å²) in [7, 11) is 0. The third-order valence-corrected chi connectivity index (χ3v) is 3.15. The van der Waals surface area contributed by atoms with Crippen molar-refractivity contribution in [2.45, 2.75) is 13.3 Å². The molecule has 0 saturated carbocycles. The van der Waals surface area contributed by atoms with Crippen LogP contribution >= 0.6 is 11.6 Å². The Morgan fingerprint density at radius 1 is 1.11 bits per heavy atom. The van der Waals surface area contributed by atoms with Crippen LogP contribution in [-0.2, 0) is 6.42 Å². The normalized spacial score (nSPS) is 10.4. The average molecular weight is 277 g/mol. The molecule has 0 unspecified atom stereocenters. The number of hydrogen-bond acceptors (Lipinski definition) is 3. The summed E-state index contributed by atoms with van der Waals surface area (Å²) in [6.45, 7) is 1.97. The molecule has 4 heteroatoms. The molecule has 2 aromatic carbocycles. The van der Waals surface area contributed by atoms with Crippen LogP contribution in [0.15, 0.2) is 36.4 Å². The van der Waals surface area contributed by atoms with Gasteiger partial charge in [0.25, 0.3) is 0 Å². The fourth-order valence-corrected chi connectivity index (χ4v) is 1.92. The minimum absolute atomic E-state index is 0.0463. The third-order valence-electron chi connectivity index (χ3n) is 2.85. The zero-order valence-electron chi connectivity index (χ0n) is 10.4. The van der Waals surface area contributed by atoms with E-state index in [1.54, 1.807) is 0 Å². The standard InChI is InChI=1S/C15H13ClO3/c1-9-2-4-10(5-3-9)6-13(17)11-7-12(16)15(19)8-14(11)18/h2-5,7-8,18-19H,6H2,1H3. The van der Waals surface area contributed by atoms with Gasteiger partial charge in [-0.2, -0.15) is 0 Å². The Morgan fingerprint density at radius 3 is 2.37 bits per heavy atom. The van der Waals surface area contributed by atoms with Gasteiger partial charge in [0.05, 0.1) is 10.6 Å². The van der Waals surface area contributed by atoms with Crippen LogP contribution in [0.5, 0.6) is 11.5 Å². The van der Waals surface area contributed by atoms with Gasteiger partial charge >= 0.3 is 0 Å². The lowest BCUT2D eigenvalue weighted by atomic mass is 10.0. The lowest BCUT2D eigenvalue weighted by molar-refractivity contribution is 0.0990. The minimum Gasteiger partial charge on any atom is -0.507 e. The van der Waals surface area contributed by atoms with Crippen molar-refractivity contribution in [2.24, 2.45) is 0 Å². The maximum atomic E-state index is 12.1. The Bertz CT molecular complexity index is 618. The van der Waals surface area contributed by atoms with Gasteiger partial charge in [-0.3, -0.25) is 4.79 Å². The molecule has 0 atom stereocenters. The number of phenols is 2. The number of hydrogen-bond donors (Lipinski definition) is 2. The SMILES string of the molecule is Cc1ccc(CC(=O)c2cc(Cl)c(O)cc2O)cc1. The van der Waals surface area contributed by atoms with Crippen LogP contribution in [0.4, 0.5) is 0 Å². The summed E-state index contributed by atoms with van der Waals surface area (Å²) in [5, 5.41) is 19.0. The van der Waals surface area contributed by atoms with E-state index in [1.165, 1.54) is 6.07 Å². The topological polar surface area (TPSA) is 57.5 Å². The van der Waals surface area contributed by atoms with Gasteiger partial charge in [-0.25, -0.2) is 0 Å². The molecule has 0 aliphatic heterocycles. The van der Waals surface area contributed by atoms with Crippen molar-refractivity contribution in [3.8, 4) is 11.5 Å². The highest BCUT2D eigenvalue weighted by molar-refractivity contribution is 6.32. The fourth-order valence-electron chi connectivity index (χ4n) is 1.76. The number of halogens is 1. The van der Waals surface area contributed by atoms with Gasteiger partial charge in [-0.1, -0.05) is 41.4 Å². The second kappa shape index (κ2) is 5.33. The Balaban J connectivity index is 2.25. The first-order valence-electron chi connectivity index (χ1n) is 5.77. The predicted molar refractivity (Wildman–Crippen MR) is 74.0 cm³/mol. The van der Waals surface area contributed by atoms with E-state index in [1.807, 2.05) is 31.2 Å². The molecule has 0 fully saturated rings. The van der Waals surface area contributed by atoms with Crippen LogP contribution < -0.4 is 0 Å². The Kier molecular flexibility index (Phi) is 3.76. The highest BCUT2D eigenvalue weighted by atomic mass is 35.5. The van der Waals surface area contributed by atoms with E-state index >= 15 is 0 Å². The van der Waals surface area contributed by atoms with E-state index in [-0.39, 0.29) is 34.3 Å². The molecular formula is C15H13ClO3. The number of benzene rings is 2. The van der Waals surface area contributed by atoms with Crippen LogP contribution in [0.2, 0.25) is 5.02 Å². The van der Waals surface area contributed by atoms with Crippen molar-refractivity contribution < 1.29 is 15.0 Å². The van der Waals surface area contributed by atoms with Crippen LogP contribution in [0.1, 0.15) is 21.5 Å². The highest BCUT2D eigenvalue weighted by Gasteiger charge is 2.14. The van der Waals surface area contributed by atoms with Crippen LogP contribution in [0.25, 0.3) is 0 Å². The molecule has 19 heavy (non-hydrogen) atoms. The lowest BCUT2D eigenvalue weighted by Gasteiger charge is -2.06. The minimum atomic E-state index is -0.265.